The average Bonchev–Trinajstić information content (AvgIpc) is 2.91. The van der Waals surface area contributed by atoms with Gasteiger partial charge in [0.1, 0.15) is 17.4 Å². The number of benzene rings is 1. The predicted molar refractivity (Wildman–Crippen MR) is 92.5 cm³/mol. The van der Waals surface area contributed by atoms with Gasteiger partial charge in [0.15, 0.2) is 0 Å². The van der Waals surface area contributed by atoms with Gasteiger partial charge in [0, 0.05) is 22.5 Å². The Balaban J connectivity index is 2.49. The fraction of sp³-hybridized carbons (Fsp3) is 0.211. The summed E-state index contributed by atoms with van der Waals surface area (Å²) in [6.45, 7) is 3.49. The molecule has 2 rings (SSSR count). The van der Waals surface area contributed by atoms with Crippen molar-refractivity contribution >= 4 is 17.8 Å². The van der Waals surface area contributed by atoms with E-state index in [0.717, 1.165) is 0 Å². The van der Waals surface area contributed by atoms with Gasteiger partial charge in [0.2, 0.25) is 5.78 Å². The van der Waals surface area contributed by atoms with Gasteiger partial charge in [-0.05, 0) is 44.2 Å². The van der Waals surface area contributed by atoms with Crippen LogP contribution in [0.25, 0.3) is 6.08 Å². The molecule has 0 unspecified atom stereocenters. The van der Waals surface area contributed by atoms with Crippen molar-refractivity contribution in [2.75, 3.05) is 14.2 Å². The third-order valence-corrected chi connectivity index (χ3v) is 3.82. The first kappa shape index (κ1) is 18.0. The number of hydrogen-bond donors (Lipinski definition) is 1. The second-order valence-electron chi connectivity index (χ2n) is 5.38. The van der Waals surface area contributed by atoms with Crippen molar-refractivity contribution in [1.29, 1.82) is 5.26 Å². The van der Waals surface area contributed by atoms with E-state index >= 15 is 0 Å². The molecule has 0 saturated carbocycles. The van der Waals surface area contributed by atoms with Crippen LogP contribution in [0.2, 0.25) is 0 Å². The number of carbonyl (C=O) groups is 2. The Bertz CT molecular complexity index is 883. The van der Waals surface area contributed by atoms with Crippen LogP contribution in [0.15, 0.2) is 29.8 Å². The third kappa shape index (κ3) is 3.61. The lowest BCUT2D eigenvalue weighted by Crippen LogP contribution is -2.06. The predicted octanol–water partition coefficient (Wildman–Crippen LogP) is 3.22. The molecule has 0 bridgehead atoms. The molecule has 0 fully saturated rings. The number of hydrogen-bond acceptors (Lipinski definition) is 5. The summed E-state index contributed by atoms with van der Waals surface area (Å²) in [4.78, 5) is 27.6. The molecule has 0 saturated heterocycles. The Morgan fingerprint density at radius 3 is 2.28 bits per heavy atom. The first-order valence-corrected chi connectivity index (χ1v) is 7.51. The molecular formula is C19H18N2O4. The van der Waals surface area contributed by atoms with Gasteiger partial charge in [-0.3, -0.25) is 4.79 Å². The normalized spacial score (nSPS) is 10.9. The van der Waals surface area contributed by atoms with Crippen LogP contribution in [0.3, 0.4) is 0 Å². The van der Waals surface area contributed by atoms with E-state index in [4.69, 9.17) is 9.47 Å². The summed E-state index contributed by atoms with van der Waals surface area (Å²) < 4.78 is 9.84. The molecule has 0 aliphatic rings. The molecule has 0 aliphatic heterocycles. The Kier molecular flexibility index (Phi) is 5.40. The standard InChI is InChI=1S/C19H18N2O4/c1-11-16(17(12(2)21-11)19(23)25-4)9-14(10-20)18(22)13-5-7-15(24-3)8-6-13/h5-9,21H,1-4H3. The van der Waals surface area contributed by atoms with Gasteiger partial charge in [-0.25, -0.2) is 4.79 Å². The number of nitrogens with zero attached hydrogens (tertiary/aromatic N) is 1. The Morgan fingerprint density at radius 2 is 1.76 bits per heavy atom. The summed E-state index contributed by atoms with van der Waals surface area (Å²) in [6, 6.07) is 8.38. The van der Waals surface area contributed by atoms with E-state index in [1.807, 2.05) is 6.07 Å². The zero-order valence-corrected chi connectivity index (χ0v) is 14.5. The van der Waals surface area contributed by atoms with E-state index in [1.165, 1.54) is 20.3 Å². The second kappa shape index (κ2) is 7.49. The Hall–Kier alpha value is -3.33. The Morgan fingerprint density at radius 1 is 1.12 bits per heavy atom. The number of allylic oxidation sites excluding steroid dienone is 1. The third-order valence-electron chi connectivity index (χ3n) is 3.82. The van der Waals surface area contributed by atoms with Crippen molar-refractivity contribution in [3.8, 4) is 11.8 Å². The summed E-state index contributed by atoms with van der Waals surface area (Å²) in [6.07, 6.45) is 1.41. The highest BCUT2D eigenvalue weighted by Crippen LogP contribution is 2.23. The van der Waals surface area contributed by atoms with E-state index in [1.54, 1.807) is 38.1 Å². The highest BCUT2D eigenvalue weighted by Gasteiger charge is 2.21. The Labute approximate surface area is 145 Å². The van der Waals surface area contributed by atoms with Gasteiger partial charge in [-0.15, -0.1) is 0 Å². The zero-order chi connectivity index (χ0) is 18.6. The number of aryl methyl sites for hydroxylation is 2. The number of esters is 1. The summed E-state index contributed by atoms with van der Waals surface area (Å²) in [5, 5.41) is 9.41. The molecule has 1 aromatic heterocycles. The smallest absolute Gasteiger partial charge is 0.340 e. The highest BCUT2D eigenvalue weighted by molar-refractivity contribution is 6.14. The largest absolute Gasteiger partial charge is 0.497 e. The van der Waals surface area contributed by atoms with Gasteiger partial charge < -0.3 is 14.5 Å². The molecular weight excluding hydrogens is 320 g/mol. The lowest BCUT2D eigenvalue weighted by Gasteiger charge is -2.04. The molecule has 1 N–H and O–H groups in total. The van der Waals surface area contributed by atoms with Crippen LogP contribution >= 0.6 is 0 Å². The van der Waals surface area contributed by atoms with E-state index in [-0.39, 0.29) is 5.57 Å². The van der Waals surface area contributed by atoms with Crippen LogP contribution in [0, 0.1) is 25.2 Å². The van der Waals surface area contributed by atoms with Crippen molar-refractivity contribution in [3.63, 3.8) is 0 Å². The number of ether oxygens (including phenoxy) is 2. The molecule has 0 aliphatic carbocycles. The van der Waals surface area contributed by atoms with Crippen molar-refractivity contribution in [2.24, 2.45) is 0 Å². The molecule has 1 heterocycles. The first-order chi connectivity index (χ1) is 11.9. The van der Waals surface area contributed by atoms with E-state index < -0.39 is 11.8 Å². The maximum Gasteiger partial charge on any atom is 0.340 e. The second-order valence-corrected chi connectivity index (χ2v) is 5.38. The number of ketones is 1. The molecule has 2 aromatic rings. The SMILES string of the molecule is COC(=O)c1c(C)[nH]c(C)c1C=C(C#N)C(=O)c1ccc(OC)cc1. The fourth-order valence-electron chi connectivity index (χ4n) is 2.54. The monoisotopic (exact) mass is 338 g/mol. The summed E-state index contributed by atoms with van der Waals surface area (Å²) in [7, 11) is 2.81. The molecule has 6 nitrogen and oxygen atoms in total. The average molecular weight is 338 g/mol. The quantitative estimate of drug-likeness (QED) is 0.391. The van der Waals surface area contributed by atoms with Crippen molar-refractivity contribution in [2.45, 2.75) is 13.8 Å². The first-order valence-electron chi connectivity index (χ1n) is 7.51. The van der Waals surface area contributed by atoms with Crippen LogP contribution in [0.1, 0.15) is 37.7 Å². The lowest BCUT2D eigenvalue weighted by atomic mass is 10.00. The van der Waals surface area contributed by atoms with E-state index in [9.17, 15) is 14.9 Å². The van der Waals surface area contributed by atoms with Gasteiger partial charge in [0.25, 0.3) is 0 Å². The van der Waals surface area contributed by atoms with Crippen LogP contribution in [0.4, 0.5) is 0 Å². The van der Waals surface area contributed by atoms with Crippen LogP contribution in [-0.4, -0.2) is 31.0 Å². The minimum atomic E-state index is -0.526. The maximum absolute atomic E-state index is 12.6. The number of rotatable bonds is 5. The maximum atomic E-state index is 12.6. The number of nitrogens with one attached hydrogen (secondary N) is 1. The molecule has 25 heavy (non-hydrogen) atoms. The van der Waals surface area contributed by atoms with Crippen LogP contribution in [-0.2, 0) is 4.74 Å². The number of nitriles is 1. The molecule has 0 atom stereocenters. The minimum Gasteiger partial charge on any atom is -0.497 e. The molecule has 1 aromatic carbocycles. The minimum absolute atomic E-state index is 0.0718. The van der Waals surface area contributed by atoms with E-state index in [2.05, 4.69) is 4.98 Å². The van der Waals surface area contributed by atoms with Gasteiger partial charge in [-0.2, -0.15) is 5.26 Å². The summed E-state index contributed by atoms with van der Waals surface area (Å²) >= 11 is 0. The number of aromatic amines is 1. The number of aromatic nitrogens is 1. The van der Waals surface area contributed by atoms with Gasteiger partial charge in [0.05, 0.1) is 19.8 Å². The lowest BCUT2D eigenvalue weighted by molar-refractivity contribution is 0.0599. The molecule has 6 heteroatoms. The van der Waals surface area contributed by atoms with Crippen LogP contribution < -0.4 is 4.74 Å². The highest BCUT2D eigenvalue weighted by atomic mass is 16.5. The zero-order valence-electron chi connectivity index (χ0n) is 14.5. The topological polar surface area (TPSA) is 92.2 Å². The van der Waals surface area contributed by atoms with Crippen molar-refractivity contribution in [1.82, 2.24) is 4.98 Å². The van der Waals surface area contributed by atoms with Crippen LogP contribution in [0.5, 0.6) is 5.75 Å². The molecule has 0 radical (unpaired) electrons. The number of H-pyrrole nitrogens is 1. The number of carbonyl (C=O) groups excluding carboxylic acids is 2. The molecule has 0 amide bonds. The fourth-order valence-corrected chi connectivity index (χ4v) is 2.54. The van der Waals surface area contributed by atoms with Gasteiger partial charge >= 0.3 is 5.97 Å². The number of methoxy groups -OCH3 is 2. The molecule has 128 valence electrons. The van der Waals surface area contributed by atoms with Gasteiger partial charge in [-0.1, -0.05) is 0 Å². The summed E-state index contributed by atoms with van der Waals surface area (Å²) in [5.41, 5.74) is 2.37. The van der Waals surface area contributed by atoms with Crippen molar-refractivity contribution in [3.05, 3.63) is 57.9 Å². The van der Waals surface area contributed by atoms with E-state index in [0.29, 0.717) is 33.8 Å². The summed E-state index contributed by atoms with van der Waals surface area (Å²) in [5.74, 6) is -0.342. The van der Waals surface area contributed by atoms with Crippen molar-refractivity contribution < 1.29 is 19.1 Å². The molecule has 0 spiro atoms. The number of Topliss-reactive ketones (excluding diaryl/α,β-unsaturated/α-hetero) is 1.